The Hall–Kier alpha value is -4.00. The fourth-order valence-electron chi connectivity index (χ4n) is 2.82. The van der Waals surface area contributed by atoms with E-state index in [9.17, 15) is 9.18 Å². The molecule has 7 heteroatoms. The van der Waals surface area contributed by atoms with Crippen LogP contribution in [0.15, 0.2) is 85.2 Å². The first-order valence-electron chi connectivity index (χ1n) is 8.99. The topological polar surface area (TPSA) is 70.9 Å². The van der Waals surface area contributed by atoms with E-state index in [1.54, 1.807) is 29.2 Å². The number of aromatic nitrogens is 3. The van der Waals surface area contributed by atoms with Gasteiger partial charge in [0.25, 0.3) is 5.69 Å². The van der Waals surface area contributed by atoms with Crippen molar-refractivity contribution in [3.63, 3.8) is 0 Å². The summed E-state index contributed by atoms with van der Waals surface area (Å²) >= 11 is 0. The van der Waals surface area contributed by atoms with Gasteiger partial charge in [0.15, 0.2) is 5.82 Å². The molecule has 0 bridgehead atoms. The summed E-state index contributed by atoms with van der Waals surface area (Å²) in [6, 6.07) is 21.1. The average Bonchev–Trinajstić information content (AvgIpc) is 3.24. The Bertz CT molecular complexity index is 1110. The van der Waals surface area contributed by atoms with E-state index in [-0.39, 0.29) is 6.61 Å². The maximum absolute atomic E-state index is 14.6. The van der Waals surface area contributed by atoms with Crippen LogP contribution in [0.1, 0.15) is 5.56 Å². The van der Waals surface area contributed by atoms with Crippen molar-refractivity contribution in [3.8, 4) is 17.1 Å². The Kier molecular flexibility index (Phi) is 5.29. The van der Waals surface area contributed by atoms with Crippen molar-refractivity contribution in [1.82, 2.24) is 10.1 Å². The van der Waals surface area contributed by atoms with E-state index in [1.165, 1.54) is 6.07 Å². The molecule has 0 fully saturated rings. The van der Waals surface area contributed by atoms with Gasteiger partial charge in [-0.3, -0.25) is 10.3 Å². The van der Waals surface area contributed by atoms with Gasteiger partial charge in [-0.2, -0.15) is 9.49 Å². The Balaban J connectivity index is 1.43. The largest absolute Gasteiger partial charge is 0.444 e. The van der Waals surface area contributed by atoms with Crippen molar-refractivity contribution in [1.29, 1.82) is 0 Å². The van der Waals surface area contributed by atoms with Crippen molar-refractivity contribution in [2.75, 3.05) is 5.32 Å². The number of ether oxygens (including phenoxy) is 1. The molecule has 0 radical (unpaired) electrons. The minimum absolute atomic E-state index is 0.141. The van der Waals surface area contributed by atoms with Gasteiger partial charge in [0.1, 0.15) is 12.3 Å². The van der Waals surface area contributed by atoms with Gasteiger partial charge < -0.3 is 4.74 Å². The number of nitrogens with zero attached hydrogens (tertiary/aromatic N) is 2. The number of hydrogen-bond donors (Lipinski definition) is 2. The molecule has 0 aliphatic rings. The SMILES string of the molecule is O=C(Nc1ccc(-[n+]2ccc(-c3ccccn3)[nH]2)c(F)c1)OCc1ccccc1. The number of carbonyl (C=O) groups is 1. The fourth-order valence-corrected chi connectivity index (χ4v) is 2.82. The Morgan fingerprint density at radius 1 is 1.07 bits per heavy atom. The summed E-state index contributed by atoms with van der Waals surface area (Å²) in [7, 11) is 0. The molecular formula is C22H18FN4O2+. The number of rotatable bonds is 5. The summed E-state index contributed by atoms with van der Waals surface area (Å²) in [5.74, 6) is -0.495. The molecule has 0 unspecified atom stereocenters. The van der Waals surface area contributed by atoms with Crippen molar-refractivity contribution in [2.24, 2.45) is 0 Å². The Morgan fingerprint density at radius 3 is 2.66 bits per heavy atom. The van der Waals surface area contributed by atoms with E-state index in [1.807, 2.05) is 54.6 Å². The van der Waals surface area contributed by atoms with Gasteiger partial charge in [-0.25, -0.2) is 4.79 Å². The number of pyridine rings is 1. The standard InChI is InChI=1S/C22H17FN4O2/c23-18-14-17(25-22(28)29-15-16-6-2-1-3-7-16)9-10-21(18)27-13-11-20(26-27)19-8-4-5-12-24-19/h1-14H,15H2,(H,25,28)/p+1. The average molecular weight is 389 g/mol. The maximum atomic E-state index is 14.6. The third-order valence-electron chi connectivity index (χ3n) is 4.24. The van der Waals surface area contributed by atoms with Crippen LogP contribution in [0.4, 0.5) is 14.9 Å². The second kappa shape index (κ2) is 8.35. The lowest BCUT2D eigenvalue weighted by molar-refractivity contribution is -0.656. The highest BCUT2D eigenvalue weighted by Gasteiger charge is 2.17. The summed E-state index contributed by atoms with van der Waals surface area (Å²) in [6.07, 6.45) is 2.76. The molecule has 0 saturated heterocycles. The molecule has 2 aromatic carbocycles. The molecule has 6 nitrogen and oxygen atoms in total. The summed E-state index contributed by atoms with van der Waals surface area (Å²) < 4.78 is 21.3. The van der Waals surface area contributed by atoms with Gasteiger partial charge in [-0.15, -0.1) is 0 Å². The van der Waals surface area contributed by atoms with Crippen molar-refractivity contribution >= 4 is 11.8 Å². The smallest absolute Gasteiger partial charge is 0.411 e. The zero-order chi connectivity index (χ0) is 20.1. The van der Waals surface area contributed by atoms with E-state index in [2.05, 4.69) is 15.4 Å². The van der Waals surface area contributed by atoms with E-state index in [0.29, 0.717) is 11.4 Å². The second-order valence-electron chi connectivity index (χ2n) is 6.28. The van der Waals surface area contributed by atoms with Crippen LogP contribution < -0.4 is 10.00 Å². The third-order valence-corrected chi connectivity index (χ3v) is 4.24. The lowest BCUT2D eigenvalue weighted by Gasteiger charge is -2.07. The summed E-state index contributed by atoms with van der Waals surface area (Å²) in [6.45, 7) is 0.141. The van der Waals surface area contributed by atoms with Gasteiger partial charge in [-0.05, 0) is 23.8 Å². The summed E-state index contributed by atoms with van der Waals surface area (Å²) in [5.41, 5.74) is 3.01. The predicted molar refractivity (Wildman–Crippen MR) is 106 cm³/mol. The van der Waals surface area contributed by atoms with E-state index in [4.69, 9.17) is 4.74 Å². The normalized spacial score (nSPS) is 10.5. The van der Waals surface area contributed by atoms with Crippen molar-refractivity contribution in [2.45, 2.75) is 6.61 Å². The van der Waals surface area contributed by atoms with E-state index < -0.39 is 11.9 Å². The molecule has 4 aromatic rings. The molecule has 0 aliphatic carbocycles. The number of nitrogens with one attached hydrogen (secondary N) is 2. The fraction of sp³-hybridized carbons (Fsp3) is 0.0455. The van der Waals surface area contributed by atoms with Crippen LogP contribution in [0.25, 0.3) is 17.1 Å². The number of halogens is 1. The quantitative estimate of drug-likeness (QED) is 0.502. The Morgan fingerprint density at radius 2 is 1.90 bits per heavy atom. The molecule has 0 atom stereocenters. The van der Waals surface area contributed by atoms with E-state index >= 15 is 0 Å². The van der Waals surface area contributed by atoms with Gasteiger partial charge in [-0.1, -0.05) is 41.1 Å². The number of benzene rings is 2. The van der Waals surface area contributed by atoms with Crippen LogP contribution in [0.2, 0.25) is 0 Å². The molecule has 144 valence electrons. The molecule has 0 saturated carbocycles. The highest BCUT2D eigenvalue weighted by atomic mass is 19.1. The molecule has 0 spiro atoms. The highest BCUT2D eigenvalue weighted by Crippen LogP contribution is 2.17. The number of hydrogen-bond acceptors (Lipinski definition) is 3. The number of aromatic amines is 1. The Labute approximate surface area is 166 Å². The highest BCUT2D eigenvalue weighted by molar-refractivity contribution is 5.84. The molecule has 4 rings (SSSR count). The van der Waals surface area contributed by atoms with Gasteiger partial charge >= 0.3 is 6.09 Å². The number of H-pyrrole nitrogens is 1. The minimum Gasteiger partial charge on any atom is -0.444 e. The zero-order valence-corrected chi connectivity index (χ0v) is 15.4. The molecule has 0 aliphatic heterocycles. The van der Waals surface area contributed by atoms with Crippen molar-refractivity contribution < 1.29 is 18.6 Å². The van der Waals surface area contributed by atoms with Gasteiger partial charge in [0.05, 0.1) is 5.69 Å². The lowest BCUT2D eigenvalue weighted by Crippen LogP contribution is -2.33. The second-order valence-corrected chi connectivity index (χ2v) is 6.28. The zero-order valence-electron chi connectivity index (χ0n) is 15.4. The van der Waals surface area contributed by atoms with Crippen LogP contribution in [0, 0.1) is 5.82 Å². The number of amides is 1. The molecule has 29 heavy (non-hydrogen) atoms. The van der Waals surface area contributed by atoms with E-state index in [0.717, 1.165) is 17.0 Å². The van der Waals surface area contributed by atoms with Crippen LogP contribution in [0.3, 0.4) is 0 Å². The number of anilines is 1. The molecule has 2 heterocycles. The lowest BCUT2D eigenvalue weighted by atomic mass is 10.2. The van der Waals surface area contributed by atoms with Gasteiger partial charge in [0, 0.05) is 30.1 Å². The van der Waals surface area contributed by atoms with Crippen LogP contribution in [0.5, 0.6) is 0 Å². The van der Waals surface area contributed by atoms with Crippen molar-refractivity contribution in [3.05, 3.63) is 96.6 Å². The molecule has 1 amide bonds. The minimum atomic E-state index is -0.647. The molecule has 2 aromatic heterocycles. The predicted octanol–water partition coefficient (Wildman–Crippen LogP) is 4.24. The monoisotopic (exact) mass is 389 g/mol. The van der Waals surface area contributed by atoms with Crippen LogP contribution >= 0.6 is 0 Å². The van der Waals surface area contributed by atoms with Crippen LogP contribution in [-0.4, -0.2) is 16.2 Å². The molecule has 2 N–H and O–H groups in total. The third kappa shape index (κ3) is 4.47. The molecular weight excluding hydrogens is 371 g/mol. The number of carbonyl (C=O) groups excluding carboxylic acids is 1. The van der Waals surface area contributed by atoms with Crippen LogP contribution in [-0.2, 0) is 11.3 Å². The maximum Gasteiger partial charge on any atom is 0.411 e. The van der Waals surface area contributed by atoms with Gasteiger partial charge in [0.2, 0.25) is 6.20 Å². The first kappa shape index (κ1) is 18.4. The summed E-state index contributed by atoms with van der Waals surface area (Å²) in [4.78, 5) is 16.2. The first-order chi connectivity index (χ1) is 14.2. The first-order valence-corrected chi connectivity index (χ1v) is 8.99. The summed E-state index contributed by atoms with van der Waals surface area (Å²) in [5, 5.41) is 5.62.